The number of carbonyl (C=O) groups is 1. The fourth-order valence-electron chi connectivity index (χ4n) is 1.05. The molecular weight excluding hydrogens is 218 g/mol. The SMILES string of the molecule is CC(NCCCS(C)(=O)=O)C(C)C(=O)O. The zero-order chi connectivity index (χ0) is 12.1. The first kappa shape index (κ1) is 14.4. The van der Waals surface area contributed by atoms with Gasteiger partial charge in [0, 0.05) is 12.3 Å². The van der Waals surface area contributed by atoms with E-state index in [9.17, 15) is 13.2 Å². The van der Waals surface area contributed by atoms with Gasteiger partial charge in [-0.15, -0.1) is 0 Å². The number of aliphatic carboxylic acids is 1. The van der Waals surface area contributed by atoms with E-state index in [1.54, 1.807) is 13.8 Å². The second kappa shape index (κ2) is 6.07. The molecule has 0 aromatic heterocycles. The van der Waals surface area contributed by atoms with E-state index >= 15 is 0 Å². The van der Waals surface area contributed by atoms with Gasteiger partial charge in [0.2, 0.25) is 0 Å². The van der Waals surface area contributed by atoms with E-state index in [1.807, 2.05) is 0 Å². The molecule has 0 aromatic carbocycles. The summed E-state index contributed by atoms with van der Waals surface area (Å²) in [6, 6.07) is -0.151. The lowest BCUT2D eigenvalue weighted by atomic mass is 10.0. The van der Waals surface area contributed by atoms with Crippen molar-refractivity contribution < 1.29 is 18.3 Å². The highest BCUT2D eigenvalue weighted by atomic mass is 32.2. The number of hydrogen-bond donors (Lipinski definition) is 2. The van der Waals surface area contributed by atoms with Gasteiger partial charge in [0.15, 0.2) is 0 Å². The van der Waals surface area contributed by atoms with Crippen molar-refractivity contribution in [3.8, 4) is 0 Å². The molecule has 0 aliphatic carbocycles. The number of rotatable bonds is 7. The highest BCUT2D eigenvalue weighted by Crippen LogP contribution is 2.02. The Morgan fingerprint density at radius 2 is 1.93 bits per heavy atom. The molecule has 2 atom stereocenters. The standard InChI is InChI=1S/C9H19NO4S/c1-7(9(11)12)8(2)10-5-4-6-15(3,13)14/h7-8,10H,4-6H2,1-3H3,(H,11,12). The summed E-state index contributed by atoms with van der Waals surface area (Å²) in [6.45, 7) is 3.92. The van der Waals surface area contributed by atoms with E-state index in [0.717, 1.165) is 0 Å². The van der Waals surface area contributed by atoms with Crippen LogP contribution in [0.25, 0.3) is 0 Å². The molecule has 15 heavy (non-hydrogen) atoms. The van der Waals surface area contributed by atoms with Gasteiger partial charge in [-0.1, -0.05) is 6.92 Å². The molecule has 0 radical (unpaired) electrons. The van der Waals surface area contributed by atoms with E-state index in [2.05, 4.69) is 5.32 Å². The molecule has 0 saturated heterocycles. The number of carboxylic acids is 1. The zero-order valence-electron chi connectivity index (χ0n) is 9.36. The predicted molar refractivity (Wildman–Crippen MR) is 58.6 cm³/mol. The Balaban J connectivity index is 3.73. The second-order valence-electron chi connectivity index (χ2n) is 3.85. The summed E-state index contributed by atoms with van der Waals surface area (Å²) in [5, 5.41) is 11.7. The molecule has 0 rings (SSSR count). The van der Waals surface area contributed by atoms with E-state index in [0.29, 0.717) is 13.0 Å². The largest absolute Gasteiger partial charge is 0.481 e. The third kappa shape index (κ3) is 7.33. The molecule has 0 bridgehead atoms. The lowest BCUT2D eigenvalue weighted by Crippen LogP contribution is -2.37. The first-order valence-corrected chi connectivity index (χ1v) is 6.94. The fourth-order valence-corrected chi connectivity index (χ4v) is 1.72. The average molecular weight is 237 g/mol. The summed E-state index contributed by atoms with van der Waals surface area (Å²) in [5.74, 6) is -1.19. The summed E-state index contributed by atoms with van der Waals surface area (Å²) >= 11 is 0. The van der Waals surface area contributed by atoms with Gasteiger partial charge in [0.25, 0.3) is 0 Å². The third-order valence-corrected chi connectivity index (χ3v) is 3.33. The van der Waals surface area contributed by atoms with Crippen molar-refractivity contribution in [3.05, 3.63) is 0 Å². The van der Waals surface area contributed by atoms with Gasteiger partial charge in [0.1, 0.15) is 9.84 Å². The normalized spacial score (nSPS) is 15.9. The summed E-state index contributed by atoms with van der Waals surface area (Å²) in [5.41, 5.74) is 0. The molecule has 6 heteroatoms. The molecule has 0 heterocycles. The molecule has 90 valence electrons. The Kier molecular flexibility index (Phi) is 5.82. The molecule has 0 fully saturated rings. The third-order valence-electron chi connectivity index (χ3n) is 2.30. The van der Waals surface area contributed by atoms with Crippen molar-refractivity contribution in [2.24, 2.45) is 5.92 Å². The van der Waals surface area contributed by atoms with Crippen LogP contribution in [-0.4, -0.2) is 44.1 Å². The highest BCUT2D eigenvalue weighted by molar-refractivity contribution is 7.90. The molecule has 0 amide bonds. The van der Waals surface area contributed by atoms with Crippen molar-refractivity contribution in [1.82, 2.24) is 5.32 Å². The number of carboxylic acid groups (broad SMARTS) is 1. The number of sulfone groups is 1. The van der Waals surface area contributed by atoms with E-state index in [4.69, 9.17) is 5.11 Å². The maximum atomic E-state index is 10.8. The Morgan fingerprint density at radius 3 is 2.33 bits per heavy atom. The minimum atomic E-state index is -2.91. The van der Waals surface area contributed by atoms with Crippen LogP contribution in [-0.2, 0) is 14.6 Å². The smallest absolute Gasteiger partial charge is 0.307 e. The van der Waals surface area contributed by atoms with Crippen LogP contribution in [0.1, 0.15) is 20.3 Å². The van der Waals surface area contributed by atoms with Gasteiger partial charge in [-0.25, -0.2) is 8.42 Å². The van der Waals surface area contributed by atoms with Crippen LogP contribution in [0.5, 0.6) is 0 Å². The lowest BCUT2D eigenvalue weighted by molar-refractivity contribution is -0.141. The minimum absolute atomic E-state index is 0.133. The average Bonchev–Trinajstić information content (AvgIpc) is 2.09. The molecule has 0 aromatic rings. The Bertz CT molecular complexity index is 299. The molecule has 0 saturated carbocycles. The van der Waals surface area contributed by atoms with Crippen molar-refractivity contribution in [2.75, 3.05) is 18.6 Å². The Hall–Kier alpha value is -0.620. The number of nitrogens with one attached hydrogen (secondary N) is 1. The van der Waals surface area contributed by atoms with E-state index in [-0.39, 0.29) is 11.8 Å². The monoisotopic (exact) mass is 237 g/mol. The van der Waals surface area contributed by atoms with Crippen LogP contribution in [0.3, 0.4) is 0 Å². The molecule has 0 spiro atoms. The van der Waals surface area contributed by atoms with Gasteiger partial charge in [0.05, 0.1) is 11.7 Å². The van der Waals surface area contributed by atoms with Gasteiger partial charge in [-0.2, -0.15) is 0 Å². The van der Waals surface area contributed by atoms with Crippen LogP contribution in [0.2, 0.25) is 0 Å². The summed E-state index contributed by atoms with van der Waals surface area (Å²) < 4.78 is 21.6. The van der Waals surface area contributed by atoms with Gasteiger partial charge >= 0.3 is 5.97 Å². The van der Waals surface area contributed by atoms with Crippen LogP contribution < -0.4 is 5.32 Å². The van der Waals surface area contributed by atoms with Gasteiger partial charge < -0.3 is 10.4 Å². The van der Waals surface area contributed by atoms with Crippen LogP contribution in [0.4, 0.5) is 0 Å². The molecule has 0 aliphatic heterocycles. The summed E-state index contributed by atoms with van der Waals surface area (Å²) in [4.78, 5) is 10.6. The summed E-state index contributed by atoms with van der Waals surface area (Å²) in [7, 11) is -2.91. The lowest BCUT2D eigenvalue weighted by Gasteiger charge is -2.17. The van der Waals surface area contributed by atoms with Crippen molar-refractivity contribution >= 4 is 15.8 Å². The minimum Gasteiger partial charge on any atom is -0.481 e. The first-order valence-electron chi connectivity index (χ1n) is 4.88. The molecular formula is C9H19NO4S. The summed E-state index contributed by atoms with van der Waals surface area (Å²) in [6.07, 6.45) is 1.70. The Labute approximate surface area is 90.8 Å². The Morgan fingerprint density at radius 1 is 1.40 bits per heavy atom. The first-order chi connectivity index (χ1) is 6.74. The number of hydrogen-bond acceptors (Lipinski definition) is 4. The highest BCUT2D eigenvalue weighted by Gasteiger charge is 2.18. The second-order valence-corrected chi connectivity index (χ2v) is 6.11. The fraction of sp³-hybridized carbons (Fsp3) is 0.889. The zero-order valence-corrected chi connectivity index (χ0v) is 10.2. The van der Waals surface area contributed by atoms with Crippen LogP contribution >= 0.6 is 0 Å². The molecule has 2 unspecified atom stereocenters. The van der Waals surface area contributed by atoms with Gasteiger partial charge in [-0.05, 0) is 19.9 Å². The predicted octanol–water partition coefficient (Wildman–Crippen LogP) is 0.120. The van der Waals surface area contributed by atoms with Crippen LogP contribution in [0.15, 0.2) is 0 Å². The van der Waals surface area contributed by atoms with Crippen molar-refractivity contribution in [1.29, 1.82) is 0 Å². The topological polar surface area (TPSA) is 83.5 Å². The molecule has 0 aliphatic rings. The molecule has 2 N–H and O–H groups in total. The van der Waals surface area contributed by atoms with E-state index < -0.39 is 21.7 Å². The quantitative estimate of drug-likeness (QED) is 0.614. The van der Waals surface area contributed by atoms with Crippen molar-refractivity contribution in [3.63, 3.8) is 0 Å². The van der Waals surface area contributed by atoms with Crippen LogP contribution in [0, 0.1) is 5.92 Å². The van der Waals surface area contributed by atoms with Crippen molar-refractivity contribution in [2.45, 2.75) is 26.3 Å². The maximum absolute atomic E-state index is 10.8. The maximum Gasteiger partial charge on any atom is 0.307 e. The molecule has 5 nitrogen and oxygen atoms in total. The van der Waals surface area contributed by atoms with E-state index in [1.165, 1.54) is 6.26 Å². The van der Waals surface area contributed by atoms with Gasteiger partial charge in [-0.3, -0.25) is 4.79 Å².